The van der Waals surface area contributed by atoms with Gasteiger partial charge >= 0.3 is 0 Å². The lowest BCUT2D eigenvalue weighted by atomic mass is 9.95. The quantitative estimate of drug-likeness (QED) is 0.893. The molecule has 1 aromatic carbocycles. The van der Waals surface area contributed by atoms with Gasteiger partial charge in [0.1, 0.15) is 0 Å². The molecule has 2 aliphatic heterocycles. The van der Waals surface area contributed by atoms with Crippen LogP contribution in [0.2, 0.25) is 0 Å². The van der Waals surface area contributed by atoms with Crippen LogP contribution in [0.4, 0.5) is 5.82 Å². The Morgan fingerprint density at radius 2 is 2.00 bits per heavy atom. The minimum atomic E-state index is -0.153. The molecule has 0 unspecified atom stereocenters. The van der Waals surface area contributed by atoms with Crippen LogP contribution in [0.1, 0.15) is 48.2 Å². The Labute approximate surface area is 159 Å². The first-order valence-corrected chi connectivity index (χ1v) is 9.80. The number of hydrogen-bond donors (Lipinski definition) is 1. The summed E-state index contributed by atoms with van der Waals surface area (Å²) in [6.07, 6.45) is 6.43. The largest absolute Gasteiger partial charge is 0.379 e. The van der Waals surface area contributed by atoms with Gasteiger partial charge in [-0.3, -0.25) is 9.69 Å². The zero-order valence-electron chi connectivity index (χ0n) is 15.8. The van der Waals surface area contributed by atoms with Gasteiger partial charge in [0.15, 0.2) is 0 Å². The Balaban J connectivity index is 1.58. The Kier molecular flexibility index (Phi) is 5.11. The van der Waals surface area contributed by atoms with Gasteiger partial charge in [0.2, 0.25) is 11.5 Å². The molecule has 4 rings (SSSR count). The first kappa shape index (κ1) is 18.0. The zero-order chi connectivity index (χ0) is 18.8. The summed E-state index contributed by atoms with van der Waals surface area (Å²) in [5, 5.41) is 7.33. The average molecular weight is 369 g/mol. The van der Waals surface area contributed by atoms with Gasteiger partial charge < -0.3 is 10.6 Å². The van der Waals surface area contributed by atoms with E-state index >= 15 is 0 Å². The van der Waals surface area contributed by atoms with E-state index in [1.165, 1.54) is 12.0 Å². The summed E-state index contributed by atoms with van der Waals surface area (Å²) in [5.41, 5.74) is 7.27. The van der Waals surface area contributed by atoms with Crippen LogP contribution < -0.4 is 5.73 Å². The number of hydrogen-bond acceptors (Lipinski definition) is 6. The Morgan fingerprint density at radius 3 is 2.74 bits per heavy atom. The molecule has 0 bridgehead atoms. The number of nitrogen functional groups attached to an aromatic ring is 1. The van der Waals surface area contributed by atoms with Gasteiger partial charge in [-0.25, -0.2) is 4.63 Å². The molecule has 0 aliphatic carbocycles. The Morgan fingerprint density at radius 1 is 1.19 bits per heavy atom. The maximum absolute atomic E-state index is 13.1. The van der Waals surface area contributed by atoms with Crippen molar-refractivity contribution < 1.29 is 9.42 Å². The molecule has 1 aromatic heterocycles. The summed E-state index contributed by atoms with van der Waals surface area (Å²) in [6, 6.07) is 11.5. The maximum atomic E-state index is 13.1. The Hall–Kier alpha value is -2.41. The van der Waals surface area contributed by atoms with Crippen molar-refractivity contribution in [2.75, 3.05) is 19.3 Å². The summed E-state index contributed by atoms with van der Waals surface area (Å²) in [4.78, 5) is 17.6. The zero-order valence-corrected chi connectivity index (χ0v) is 15.8. The monoisotopic (exact) mass is 369 g/mol. The van der Waals surface area contributed by atoms with Crippen LogP contribution in [-0.4, -0.2) is 57.7 Å². The van der Waals surface area contributed by atoms with E-state index in [4.69, 9.17) is 5.73 Å². The van der Waals surface area contributed by atoms with E-state index < -0.39 is 0 Å². The molecule has 1 amide bonds. The van der Waals surface area contributed by atoms with E-state index in [-0.39, 0.29) is 23.5 Å². The smallest absolute Gasteiger partial charge is 0.280 e. The highest BCUT2D eigenvalue weighted by atomic mass is 16.6. The van der Waals surface area contributed by atoms with Crippen LogP contribution in [0.15, 0.2) is 35.0 Å². The van der Waals surface area contributed by atoms with Crippen molar-refractivity contribution in [3.63, 3.8) is 0 Å². The van der Waals surface area contributed by atoms with Gasteiger partial charge in [0.05, 0.1) is 0 Å². The molecule has 0 spiro atoms. The highest BCUT2D eigenvalue weighted by Crippen LogP contribution is 2.34. The molecular formula is C20H27N5O2. The molecular weight excluding hydrogens is 342 g/mol. The normalized spacial score (nSPS) is 26.4. The van der Waals surface area contributed by atoms with Crippen molar-refractivity contribution in [3.05, 3.63) is 41.6 Å². The third-order valence-electron chi connectivity index (χ3n) is 6.15. The summed E-state index contributed by atoms with van der Waals surface area (Å²) in [5.74, 6) is -0.0785. The predicted octanol–water partition coefficient (Wildman–Crippen LogP) is 2.35. The van der Waals surface area contributed by atoms with Gasteiger partial charge in [0, 0.05) is 24.7 Å². The third-order valence-corrected chi connectivity index (χ3v) is 6.15. The molecule has 144 valence electrons. The molecule has 3 atom stereocenters. The van der Waals surface area contributed by atoms with Crippen LogP contribution in [0.25, 0.3) is 0 Å². The second-order valence-corrected chi connectivity index (χ2v) is 7.73. The number of fused-ring (bicyclic) bond motifs is 1. The number of anilines is 1. The van der Waals surface area contributed by atoms with Gasteiger partial charge in [0.25, 0.3) is 5.91 Å². The molecule has 2 N–H and O–H groups in total. The molecule has 2 fully saturated rings. The van der Waals surface area contributed by atoms with E-state index in [1.807, 2.05) is 11.0 Å². The van der Waals surface area contributed by atoms with Crippen molar-refractivity contribution in [3.8, 4) is 0 Å². The SMILES string of the molecule is CN1[C@H](Cc2ccccc2)C[C@H]2[C@H]1CCCCCN2C(=O)c1nonc1N. The molecule has 0 radical (unpaired) electrons. The number of carbonyl (C=O) groups is 1. The van der Waals surface area contributed by atoms with Crippen LogP contribution in [0.3, 0.4) is 0 Å². The van der Waals surface area contributed by atoms with Gasteiger partial charge in [-0.05, 0) is 48.6 Å². The molecule has 2 aliphatic rings. The van der Waals surface area contributed by atoms with Crippen molar-refractivity contribution in [1.29, 1.82) is 0 Å². The highest BCUT2D eigenvalue weighted by Gasteiger charge is 2.44. The second-order valence-electron chi connectivity index (χ2n) is 7.73. The standard InChI is InChI=1S/C20H27N5O2/c1-24-15(12-14-8-4-2-5-9-14)13-17-16(24)10-6-3-7-11-25(17)20(26)18-19(21)23-27-22-18/h2,4-5,8-9,15-17H,3,6-7,10-13H2,1H3,(H2,21,23)/t15-,16-,17+/m1/s1. The fourth-order valence-corrected chi connectivity index (χ4v) is 4.70. The lowest BCUT2D eigenvalue weighted by Gasteiger charge is -2.36. The van der Waals surface area contributed by atoms with Crippen molar-refractivity contribution in [2.45, 2.75) is 56.7 Å². The van der Waals surface area contributed by atoms with Gasteiger partial charge in [-0.2, -0.15) is 0 Å². The molecule has 2 saturated heterocycles. The van der Waals surface area contributed by atoms with E-state index in [2.05, 4.69) is 51.2 Å². The lowest BCUT2D eigenvalue weighted by molar-refractivity contribution is 0.0591. The van der Waals surface area contributed by atoms with E-state index in [9.17, 15) is 4.79 Å². The third kappa shape index (κ3) is 3.56. The first-order chi connectivity index (χ1) is 13.1. The van der Waals surface area contributed by atoms with Crippen molar-refractivity contribution in [2.24, 2.45) is 0 Å². The molecule has 7 nitrogen and oxygen atoms in total. The summed E-state index contributed by atoms with van der Waals surface area (Å²) in [7, 11) is 2.20. The topological polar surface area (TPSA) is 88.5 Å². The number of rotatable bonds is 3. The van der Waals surface area contributed by atoms with Gasteiger partial charge in [-0.15, -0.1) is 0 Å². The molecule has 0 saturated carbocycles. The summed E-state index contributed by atoms with van der Waals surface area (Å²) >= 11 is 0. The highest BCUT2D eigenvalue weighted by molar-refractivity contribution is 5.96. The lowest BCUT2D eigenvalue weighted by Crippen LogP contribution is -2.49. The molecule has 3 heterocycles. The fourth-order valence-electron chi connectivity index (χ4n) is 4.70. The number of nitrogens with two attached hydrogens (primary N) is 1. The number of nitrogens with zero attached hydrogens (tertiary/aromatic N) is 4. The van der Waals surface area contributed by atoms with E-state index in [0.717, 1.165) is 38.6 Å². The minimum absolute atomic E-state index is 0.0748. The number of carbonyl (C=O) groups excluding carboxylic acids is 1. The minimum Gasteiger partial charge on any atom is -0.379 e. The maximum Gasteiger partial charge on any atom is 0.280 e. The van der Waals surface area contributed by atoms with Crippen LogP contribution in [-0.2, 0) is 6.42 Å². The average Bonchev–Trinajstić information content (AvgIpc) is 3.20. The molecule has 27 heavy (non-hydrogen) atoms. The number of aromatic nitrogens is 2. The van der Waals surface area contributed by atoms with Crippen LogP contribution in [0, 0.1) is 0 Å². The van der Waals surface area contributed by atoms with Gasteiger partial charge in [-0.1, -0.05) is 43.2 Å². The summed E-state index contributed by atoms with van der Waals surface area (Å²) < 4.78 is 4.66. The number of amides is 1. The second kappa shape index (κ2) is 7.68. The Bertz CT molecular complexity index is 778. The first-order valence-electron chi connectivity index (χ1n) is 9.80. The van der Waals surface area contributed by atoms with Crippen molar-refractivity contribution >= 4 is 11.7 Å². The molecule has 2 aromatic rings. The number of benzene rings is 1. The van der Waals surface area contributed by atoms with Crippen LogP contribution >= 0.6 is 0 Å². The van der Waals surface area contributed by atoms with Crippen molar-refractivity contribution in [1.82, 2.24) is 20.1 Å². The fraction of sp³-hybridized carbons (Fsp3) is 0.550. The van der Waals surface area contributed by atoms with E-state index in [0.29, 0.717) is 12.1 Å². The predicted molar refractivity (Wildman–Crippen MR) is 102 cm³/mol. The summed E-state index contributed by atoms with van der Waals surface area (Å²) in [6.45, 7) is 0.734. The van der Waals surface area contributed by atoms with Crippen LogP contribution in [0.5, 0.6) is 0 Å². The number of likely N-dealkylation sites (N-methyl/N-ethyl adjacent to an activating group) is 1. The number of likely N-dealkylation sites (tertiary alicyclic amines) is 2. The van der Waals surface area contributed by atoms with E-state index in [1.54, 1.807) is 0 Å². The molecule has 7 heteroatoms.